The van der Waals surface area contributed by atoms with E-state index in [4.69, 9.17) is 0 Å². The van der Waals surface area contributed by atoms with E-state index in [1.165, 1.54) is 12.3 Å². The smallest absolute Gasteiger partial charge is 0.240 e. The molecule has 0 bridgehead atoms. The molecule has 2 aromatic heterocycles. The Kier molecular flexibility index (Phi) is 4.64. The quantitative estimate of drug-likeness (QED) is 0.745. The van der Waals surface area contributed by atoms with Gasteiger partial charge in [0.05, 0.1) is 10.6 Å². The summed E-state index contributed by atoms with van der Waals surface area (Å²) in [5.74, 6) is -0.345. The summed E-state index contributed by atoms with van der Waals surface area (Å²) in [5, 5.41) is 0. The zero-order chi connectivity index (χ0) is 17.2. The highest BCUT2D eigenvalue weighted by atomic mass is 32.2. The van der Waals surface area contributed by atoms with Crippen LogP contribution >= 0.6 is 0 Å². The van der Waals surface area contributed by atoms with Crippen LogP contribution in [-0.2, 0) is 22.9 Å². The van der Waals surface area contributed by atoms with Crippen molar-refractivity contribution in [2.75, 3.05) is 6.54 Å². The van der Waals surface area contributed by atoms with E-state index in [2.05, 4.69) is 9.71 Å². The number of rotatable bonds is 6. The van der Waals surface area contributed by atoms with Crippen molar-refractivity contribution in [3.05, 3.63) is 65.9 Å². The third-order valence-corrected chi connectivity index (χ3v) is 5.26. The highest BCUT2D eigenvalue weighted by Crippen LogP contribution is 2.11. The van der Waals surface area contributed by atoms with Crippen molar-refractivity contribution < 1.29 is 12.8 Å². The Morgan fingerprint density at radius 3 is 2.58 bits per heavy atom. The van der Waals surface area contributed by atoms with E-state index in [1.807, 2.05) is 19.1 Å². The van der Waals surface area contributed by atoms with Gasteiger partial charge < -0.3 is 4.40 Å². The average Bonchev–Trinajstić information content (AvgIpc) is 2.96. The lowest BCUT2D eigenvalue weighted by molar-refractivity contribution is 0.581. The molecule has 5 nitrogen and oxygen atoms in total. The lowest BCUT2D eigenvalue weighted by Gasteiger charge is -2.06. The Morgan fingerprint density at radius 1 is 1.12 bits per heavy atom. The minimum absolute atomic E-state index is 0.226. The van der Waals surface area contributed by atoms with Gasteiger partial charge in [-0.05, 0) is 36.2 Å². The number of aryl methyl sites for hydroxylation is 1. The highest BCUT2D eigenvalue weighted by Gasteiger charge is 2.13. The van der Waals surface area contributed by atoms with Gasteiger partial charge in [-0.15, -0.1) is 0 Å². The molecule has 0 aliphatic rings. The van der Waals surface area contributed by atoms with Crippen LogP contribution < -0.4 is 4.72 Å². The fourth-order valence-electron chi connectivity index (χ4n) is 2.44. The van der Waals surface area contributed by atoms with E-state index in [-0.39, 0.29) is 17.3 Å². The molecule has 2 heterocycles. The summed E-state index contributed by atoms with van der Waals surface area (Å²) in [6.07, 6.45) is 4.33. The van der Waals surface area contributed by atoms with Crippen LogP contribution in [0.4, 0.5) is 4.39 Å². The molecule has 0 saturated carbocycles. The van der Waals surface area contributed by atoms with Crippen LogP contribution in [0, 0.1) is 5.82 Å². The summed E-state index contributed by atoms with van der Waals surface area (Å²) in [4.78, 5) is 4.58. The van der Waals surface area contributed by atoms with Crippen LogP contribution in [0.2, 0.25) is 0 Å². The number of benzene rings is 1. The maximum atomic E-state index is 13.2. The summed E-state index contributed by atoms with van der Waals surface area (Å²) in [7, 11) is -3.54. The molecule has 1 aromatic carbocycles. The van der Waals surface area contributed by atoms with E-state index in [0.29, 0.717) is 17.8 Å². The molecular weight excluding hydrogens is 329 g/mol. The van der Waals surface area contributed by atoms with Crippen molar-refractivity contribution >= 4 is 15.7 Å². The molecule has 7 heteroatoms. The number of pyridine rings is 1. The molecule has 0 fully saturated rings. The highest BCUT2D eigenvalue weighted by molar-refractivity contribution is 7.89. The van der Waals surface area contributed by atoms with E-state index in [9.17, 15) is 12.8 Å². The number of fused-ring (bicyclic) bond motifs is 1. The zero-order valence-corrected chi connectivity index (χ0v) is 14.1. The van der Waals surface area contributed by atoms with Gasteiger partial charge in [0.2, 0.25) is 10.0 Å². The van der Waals surface area contributed by atoms with Crippen LogP contribution in [0.1, 0.15) is 18.2 Å². The van der Waals surface area contributed by atoms with Gasteiger partial charge in [0.15, 0.2) is 0 Å². The number of nitrogens with one attached hydrogen (secondary N) is 1. The summed E-state index contributed by atoms with van der Waals surface area (Å²) >= 11 is 0. The zero-order valence-electron chi connectivity index (χ0n) is 13.2. The van der Waals surface area contributed by atoms with Gasteiger partial charge in [-0.3, -0.25) is 0 Å². The summed E-state index contributed by atoms with van der Waals surface area (Å²) in [6, 6.07) is 9.76. The van der Waals surface area contributed by atoms with Crippen molar-refractivity contribution in [3.8, 4) is 0 Å². The number of hydrogen-bond donors (Lipinski definition) is 1. The summed E-state index contributed by atoms with van der Waals surface area (Å²) in [5.41, 5.74) is 2.42. The monoisotopic (exact) mass is 347 g/mol. The van der Waals surface area contributed by atoms with Crippen LogP contribution in [0.25, 0.3) is 5.65 Å². The largest absolute Gasteiger partial charge is 0.304 e. The third kappa shape index (κ3) is 3.63. The lowest BCUT2D eigenvalue weighted by Crippen LogP contribution is -2.26. The minimum Gasteiger partial charge on any atom is -0.304 e. The van der Waals surface area contributed by atoms with Crippen molar-refractivity contribution in [3.63, 3.8) is 0 Å². The molecule has 1 N–H and O–H groups in total. The molecule has 3 aromatic rings. The lowest BCUT2D eigenvalue weighted by atomic mass is 10.2. The molecular formula is C17H18FN3O2S. The average molecular weight is 347 g/mol. The van der Waals surface area contributed by atoms with Gasteiger partial charge >= 0.3 is 0 Å². The Bertz CT molecular complexity index is 950. The van der Waals surface area contributed by atoms with Gasteiger partial charge in [-0.2, -0.15) is 0 Å². The Morgan fingerprint density at radius 2 is 1.88 bits per heavy atom. The molecule has 0 aliphatic carbocycles. The molecule has 0 amide bonds. The maximum absolute atomic E-state index is 13.2. The topological polar surface area (TPSA) is 63.5 Å². The van der Waals surface area contributed by atoms with Crippen molar-refractivity contribution in [2.45, 2.75) is 24.7 Å². The number of aromatic nitrogens is 2. The fraction of sp³-hybridized carbons (Fsp3) is 0.235. The fourth-order valence-corrected chi connectivity index (χ4v) is 3.47. The number of nitrogens with zero attached hydrogens (tertiary/aromatic N) is 2. The summed E-state index contributed by atoms with van der Waals surface area (Å²) in [6.45, 7) is 2.24. The predicted octanol–water partition coefficient (Wildman–Crippen LogP) is 2.56. The first kappa shape index (κ1) is 16.6. The van der Waals surface area contributed by atoms with Crippen LogP contribution in [0.3, 0.4) is 0 Å². The molecule has 24 heavy (non-hydrogen) atoms. The molecule has 0 radical (unpaired) electrons. The van der Waals surface area contributed by atoms with E-state index < -0.39 is 10.0 Å². The standard InChI is InChI=1S/C17H18FN3O2S/c1-2-13-3-6-16(7-4-13)24(22,23)19-10-9-15-12-21-11-14(18)5-8-17(21)20-15/h3-8,11-12,19H,2,9-10H2,1H3. The SMILES string of the molecule is CCc1ccc(S(=O)(=O)NCCc2cn3cc(F)ccc3n2)cc1. The molecule has 0 atom stereocenters. The van der Waals surface area contributed by atoms with Crippen molar-refractivity contribution in [1.82, 2.24) is 14.1 Å². The van der Waals surface area contributed by atoms with E-state index in [1.54, 1.807) is 28.8 Å². The predicted molar refractivity (Wildman–Crippen MR) is 89.9 cm³/mol. The Labute approximate surface area is 140 Å². The van der Waals surface area contributed by atoms with Crippen LogP contribution in [-0.4, -0.2) is 24.3 Å². The first-order valence-corrected chi connectivity index (χ1v) is 9.18. The molecule has 3 rings (SSSR count). The molecule has 0 aliphatic heterocycles. The maximum Gasteiger partial charge on any atom is 0.240 e. The Hall–Kier alpha value is -2.25. The normalized spacial score (nSPS) is 11.9. The van der Waals surface area contributed by atoms with Gasteiger partial charge in [0.1, 0.15) is 11.5 Å². The number of sulfonamides is 1. The summed E-state index contributed by atoms with van der Waals surface area (Å²) < 4.78 is 41.8. The molecule has 0 unspecified atom stereocenters. The number of halogens is 1. The van der Waals surface area contributed by atoms with Gasteiger partial charge in [-0.25, -0.2) is 22.5 Å². The molecule has 126 valence electrons. The van der Waals surface area contributed by atoms with Gasteiger partial charge in [0.25, 0.3) is 0 Å². The minimum atomic E-state index is -3.54. The van der Waals surface area contributed by atoms with E-state index >= 15 is 0 Å². The number of imidazole rings is 1. The second kappa shape index (κ2) is 6.70. The Balaban J connectivity index is 1.65. The van der Waals surface area contributed by atoms with E-state index in [0.717, 1.165) is 12.0 Å². The van der Waals surface area contributed by atoms with Crippen LogP contribution in [0.15, 0.2) is 53.7 Å². The second-order valence-electron chi connectivity index (χ2n) is 5.49. The third-order valence-electron chi connectivity index (χ3n) is 3.78. The van der Waals surface area contributed by atoms with Gasteiger partial charge in [-0.1, -0.05) is 19.1 Å². The molecule has 0 spiro atoms. The van der Waals surface area contributed by atoms with Crippen molar-refractivity contribution in [2.24, 2.45) is 0 Å². The van der Waals surface area contributed by atoms with Crippen molar-refractivity contribution in [1.29, 1.82) is 0 Å². The van der Waals surface area contributed by atoms with Gasteiger partial charge in [0, 0.05) is 25.4 Å². The van der Waals surface area contributed by atoms with Crippen LogP contribution in [0.5, 0.6) is 0 Å². The first-order valence-electron chi connectivity index (χ1n) is 7.69. The first-order chi connectivity index (χ1) is 11.5. The second-order valence-corrected chi connectivity index (χ2v) is 7.26. The number of hydrogen-bond acceptors (Lipinski definition) is 3. The molecule has 0 saturated heterocycles.